The third-order valence-electron chi connectivity index (χ3n) is 6.28. The summed E-state index contributed by atoms with van der Waals surface area (Å²) < 4.78 is 0. The largest absolute Gasteiger partial charge is 0.327 e. The highest BCUT2D eigenvalue weighted by molar-refractivity contribution is 7.10. The fourth-order valence-electron chi connectivity index (χ4n) is 4.93. The molecule has 0 spiro atoms. The van der Waals surface area contributed by atoms with Gasteiger partial charge in [0, 0.05) is 16.4 Å². The normalized spacial score (nSPS) is 25.0. The van der Waals surface area contributed by atoms with Gasteiger partial charge in [0.2, 0.25) is 0 Å². The van der Waals surface area contributed by atoms with Gasteiger partial charge in [-0.15, -0.1) is 11.3 Å². The van der Waals surface area contributed by atoms with Crippen molar-refractivity contribution in [3.63, 3.8) is 0 Å². The molecule has 5 heteroatoms. The van der Waals surface area contributed by atoms with Gasteiger partial charge in [-0.3, -0.25) is 4.79 Å². The van der Waals surface area contributed by atoms with E-state index >= 15 is 0 Å². The highest BCUT2D eigenvalue weighted by Crippen LogP contribution is 2.44. The van der Waals surface area contributed by atoms with Gasteiger partial charge in [-0.25, -0.2) is 5.01 Å². The number of piperidine rings is 1. The van der Waals surface area contributed by atoms with E-state index in [0.29, 0.717) is 12.5 Å². The molecule has 0 unspecified atom stereocenters. The van der Waals surface area contributed by atoms with E-state index in [0.717, 1.165) is 31.6 Å². The lowest BCUT2D eigenvalue weighted by Gasteiger charge is -2.30. The van der Waals surface area contributed by atoms with Crippen molar-refractivity contribution >= 4 is 23.0 Å². The number of hydrogen-bond donors (Lipinski definition) is 1. The number of benzene rings is 1. The van der Waals surface area contributed by atoms with E-state index in [1.807, 2.05) is 5.01 Å². The van der Waals surface area contributed by atoms with Gasteiger partial charge < -0.3 is 4.90 Å². The monoisotopic (exact) mass is 380 g/mol. The molecule has 0 saturated carbocycles. The van der Waals surface area contributed by atoms with Crippen LogP contribution >= 0.6 is 11.3 Å². The maximum Gasteiger partial charge on any atom is 0.298 e. The first-order chi connectivity index (χ1) is 13.3. The first-order valence-corrected chi connectivity index (χ1v) is 11.0. The van der Waals surface area contributed by atoms with Gasteiger partial charge in [-0.05, 0) is 49.1 Å². The number of amides is 1. The fraction of sp³-hybridized carbons (Fsp3) is 0.455. The number of fused-ring (bicyclic) bond motifs is 3. The molecule has 0 bridgehead atoms. The van der Waals surface area contributed by atoms with Crippen molar-refractivity contribution in [1.82, 2.24) is 5.01 Å². The van der Waals surface area contributed by atoms with E-state index < -0.39 is 0 Å². The summed E-state index contributed by atoms with van der Waals surface area (Å²) in [5.41, 5.74) is 3.74. The molecular weight excluding hydrogens is 354 g/mol. The van der Waals surface area contributed by atoms with Gasteiger partial charge in [-0.2, -0.15) is 5.10 Å². The molecule has 1 aromatic carbocycles. The molecule has 1 fully saturated rings. The molecular formula is C22H26N3OS+. The number of hydrazone groups is 1. The Labute approximate surface area is 164 Å². The van der Waals surface area contributed by atoms with E-state index in [2.05, 4.69) is 41.8 Å². The second kappa shape index (κ2) is 7.21. The maximum atomic E-state index is 13.3. The first-order valence-electron chi connectivity index (χ1n) is 10.2. The van der Waals surface area contributed by atoms with E-state index in [4.69, 9.17) is 5.10 Å². The van der Waals surface area contributed by atoms with Crippen molar-refractivity contribution < 1.29 is 9.69 Å². The second-order valence-electron chi connectivity index (χ2n) is 7.97. The molecule has 1 saturated heterocycles. The second-order valence-corrected chi connectivity index (χ2v) is 8.95. The zero-order valence-corrected chi connectivity index (χ0v) is 16.4. The lowest BCUT2D eigenvalue weighted by molar-refractivity contribution is -0.897. The first kappa shape index (κ1) is 17.1. The van der Waals surface area contributed by atoms with Crippen LogP contribution in [0.3, 0.4) is 0 Å². The number of nitrogens with zero attached hydrogens (tertiary/aromatic N) is 2. The van der Waals surface area contributed by atoms with Crippen LogP contribution in [-0.2, 0) is 11.2 Å². The number of likely N-dealkylation sites (tertiary alicyclic amines) is 1. The molecule has 5 rings (SSSR count). The standard InChI is InChI=1S/C22H25N3OS/c26-20(15-24-12-4-1-5-13-24)25-22(19-9-6-14-27-19)18-11-10-16-7-2-3-8-17(16)21(18)23-25/h2-3,6-9,14,18,22H,1,4-5,10-13,15H2/p+1/t18-,22-/m1/s1. The van der Waals surface area contributed by atoms with Crippen molar-refractivity contribution in [3.8, 4) is 0 Å². The highest BCUT2D eigenvalue weighted by Gasteiger charge is 2.44. The summed E-state index contributed by atoms with van der Waals surface area (Å²) >= 11 is 1.75. The summed E-state index contributed by atoms with van der Waals surface area (Å²) in [6.45, 7) is 2.81. The van der Waals surface area contributed by atoms with Crippen molar-refractivity contribution in [2.45, 2.75) is 38.1 Å². The van der Waals surface area contributed by atoms with Crippen LogP contribution in [0.15, 0.2) is 46.9 Å². The molecule has 1 amide bonds. The summed E-state index contributed by atoms with van der Waals surface area (Å²) in [4.78, 5) is 16.0. The Bertz CT molecular complexity index is 854. The Hall–Kier alpha value is -1.98. The number of nitrogens with one attached hydrogen (secondary N) is 1. The van der Waals surface area contributed by atoms with E-state index in [-0.39, 0.29) is 11.9 Å². The Morgan fingerprint density at radius 2 is 2.00 bits per heavy atom. The summed E-state index contributed by atoms with van der Waals surface area (Å²) in [6.07, 6.45) is 5.92. The van der Waals surface area contributed by atoms with Gasteiger partial charge in [0.05, 0.1) is 24.8 Å². The molecule has 140 valence electrons. The molecule has 27 heavy (non-hydrogen) atoms. The summed E-state index contributed by atoms with van der Waals surface area (Å²) in [6, 6.07) is 12.9. The Kier molecular flexibility index (Phi) is 4.58. The summed E-state index contributed by atoms with van der Waals surface area (Å²) in [5.74, 6) is 0.503. The average Bonchev–Trinajstić information content (AvgIpc) is 3.36. The maximum absolute atomic E-state index is 13.3. The Morgan fingerprint density at radius 3 is 2.81 bits per heavy atom. The van der Waals surface area contributed by atoms with Crippen LogP contribution in [0.5, 0.6) is 0 Å². The van der Waals surface area contributed by atoms with Crippen LogP contribution in [-0.4, -0.2) is 36.3 Å². The van der Waals surface area contributed by atoms with Gasteiger partial charge in [-0.1, -0.05) is 30.3 Å². The van der Waals surface area contributed by atoms with E-state index in [9.17, 15) is 4.79 Å². The quantitative estimate of drug-likeness (QED) is 0.873. The number of aryl methyl sites for hydroxylation is 1. The molecule has 2 aromatic rings. The van der Waals surface area contributed by atoms with Crippen LogP contribution in [0, 0.1) is 5.92 Å². The van der Waals surface area contributed by atoms with Crippen LogP contribution in [0.1, 0.15) is 47.7 Å². The zero-order chi connectivity index (χ0) is 18.2. The number of carbonyl (C=O) groups excluding carboxylic acids is 1. The minimum atomic E-state index is 0.0741. The molecule has 2 atom stereocenters. The molecule has 0 radical (unpaired) electrons. The summed E-state index contributed by atoms with van der Waals surface area (Å²) in [5, 5.41) is 8.90. The number of carbonyl (C=O) groups is 1. The molecule has 1 aromatic heterocycles. The molecule has 3 aliphatic rings. The molecule has 3 heterocycles. The molecule has 2 aliphatic heterocycles. The minimum absolute atomic E-state index is 0.0741. The SMILES string of the molecule is O=C(C[NH+]1CCCCC1)N1N=C2c3ccccc3CC[C@H]2[C@@H]1c1cccs1. The van der Waals surface area contributed by atoms with E-state index in [1.165, 1.54) is 40.2 Å². The third-order valence-corrected chi connectivity index (χ3v) is 7.22. The van der Waals surface area contributed by atoms with Crippen molar-refractivity contribution in [2.24, 2.45) is 11.0 Å². The number of thiophene rings is 1. The van der Waals surface area contributed by atoms with Crippen LogP contribution < -0.4 is 4.90 Å². The fourth-order valence-corrected chi connectivity index (χ4v) is 5.81. The number of quaternary nitrogens is 1. The topological polar surface area (TPSA) is 37.1 Å². The molecule has 1 aliphatic carbocycles. The average molecular weight is 381 g/mol. The number of hydrogen-bond acceptors (Lipinski definition) is 3. The van der Waals surface area contributed by atoms with Gasteiger partial charge in [0.1, 0.15) is 0 Å². The lowest BCUT2D eigenvalue weighted by Crippen LogP contribution is -3.13. The molecule has 4 nitrogen and oxygen atoms in total. The predicted octanol–water partition coefficient (Wildman–Crippen LogP) is 2.67. The van der Waals surface area contributed by atoms with Gasteiger partial charge in [0.15, 0.2) is 6.54 Å². The Balaban J connectivity index is 1.48. The predicted molar refractivity (Wildman–Crippen MR) is 108 cm³/mol. The van der Waals surface area contributed by atoms with E-state index in [1.54, 1.807) is 11.3 Å². The van der Waals surface area contributed by atoms with Crippen molar-refractivity contribution in [3.05, 3.63) is 57.8 Å². The van der Waals surface area contributed by atoms with Gasteiger partial charge >= 0.3 is 0 Å². The van der Waals surface area contributed by atoms with Crippen molar-refractivity contribution in [2.75, 3.05) is 19.6 Å². The molecule has 1 N–H and O–H groups in total. The summed E-state index contributed by atoms with van der Waals surface area (Å²) in [7, 11) is 0. The number of rotatable bonds is 3. The smallest absolute Gasteiger partial charge is 0.298 e. The minimum Gasteiger partial charge on any atom is -0.327 e. The van der Waals surface area contributed by atoms with Gasteiger partial charge in [0.25, 0.3) is 5.91 Å². The van der Waals surface area contributed by atoms with Crippen LogP contribution in [0.25, 0.3) is 0 Å². The van der Waals surface area contributed by atoms with Crippen LogP contribution in [0.4, 0.5) is 0 Å². The lowest BCUT2D eigenvalue weighted by atomic mass is 9.79. The third kappa shape index (κ3) is 3.13. The Morgan fingerprint density at radius 1 is 1.15 bits per heavy atom. The van der Waals surface area contributed by atoms with Crippen LogP contribution in [0.2, 0.25) is 0 Å². The zero-order valence-electron chi connectivity index (χ0n) is 15.6. The highest BCUT2D eigenvalue weighted by atomic mass is 32.1. The van der Waals surface area contributed by atoms with Crippen molar-refractivity contribution in [1.29, 1.82) is 0 Å².